The van der Waals surface area contributed by atoms with Crippen LogP contribution in [0.5, 0.6) is 0 Å². The van der Waals surface area contributed by atoms with Gasteiger partial charge in [-0.25, -0.2) is 9.97 Å². The van der Waals surface area contributed by atoms with E-state index in [2.05, 4.69) is 46.1 Å². The Hall–Kier alpha value is -1.55. The average molecular weight is 340 g/mol. The van der Waals surface area contributed by atoms with Crippen molar-refractivity contribution in [1.29, 1.82) is 0 Å². The SMILES string of the molecule is Cc1ccccc1Sc1cnc(N2CCC3(CCCC3)CC2)cn1. The molecule has 0 bridgehead atoms. The highest BCUT2D eigenvalue weighted by Crippen LogP contribution is 2.46. The Bertz CT molecular complexity index is 682. The van der Waals surface area contributed by atoms with Gasteiger partial charge in [0.05, 0.1) is 12.4 Å². The van der Waals surface area contributed by atoms with Gasteiger partial charge in [-0.15, -0.1) is 0 Å². The van der Waals surface area contributed by atoms with E-state index < -0.39 is 0 Å². The van der Waals surface area contributed by atoms with Gasteiger partial charge < -0.3 is 4.90 Å². The van der Waals surface area contributed by atoms with Gasteiger partial charge in [-0.05, 0) is 49.7 Å². The Kier molecular flexibility index (Phi) is 4.49. The normalized spacial score (nSPS) is 19.8. The zero-order valence-corrected chi connectivity index (χ0v) is 15.2. The molecule has 2 aliphatic rings. The first kappa shape index (κ1) is 15.9. The van der Waals surface area contributed by atoms with Crippen molar-refractivity contribution in [3.8, 4) is 0 Å². The number of piperidine rings is 1. The zero-order valence-electron chi connectivity index (χ0n) is 14.4. The van der Waals surface area contributed by atoms with Gasteiger partial charge in [-0.3, -0.25) is 0 Å². The summed E-state index contributed by atoms with van der Waals surface area (Å²) in [7, 11) is 0. The molecule has 0 atom stereocenters. The number of benzene rings is 1. The van der Waals surface area contributed by atoms with Crippen LogP contribution >= 0.6 is 11.8 Å². The van der Waals surface area contributed by atoms with E-state index in [0.29, 0.717) is 5.41 Å². The van der Waals surface area contributed by atoms with E-state index in [4.69, 9.17) is 0 Å². The van der Waals surface area contributed by atoms with E-state index in [0.717, 1.165) is 23.9 Å². The monoisotopic (exact) mass is 339 g/mol. The predicted octanol–water partition coefficient (Wildman–Crippen LogP) is 5.10. The molecule has 1 aliphatic carbocycles. The van der Waals surface area contributed by atoms with Crippen LogP contribution in [0.3, 0.4) is 0 Å². The summed E-state index contributed by atoms with van der Waals surface area (Å²) in [6.07, 6.45) is 12.3. The first-order chi connectivity index (χ1) is 11.7. The Morgan fingerprint density at radius 1 is 0.958 bits per heavy atom. The van der Waals surface area contributed by atoms with Gasteiger partial charge in [0, 0.05) is 18.0 Å². The molecule has 2 aromatic rings. The average Bonchev–Trinajstić information content (AvgIpc) is 3.07. The summed E-state index contributed by atoms with van der Waals surface area (Å²) < 4.78 is 0. The van der Waals surface area contributed by atoms with Crippen LogP contribution in [0.2, 0.25) is 0 Å². The fourth-order valence-electron chi connectivity index (χ4n) is 4.14. The summed E-state index contributed by atoms with van der Waals surface area (Å²) in [6.45, 7) is 4.41. The Morgan fingerprint density at radius 2 is 1.71 bits per heavy atom. The van der Waals surface area contributed by atoms with Crippen molar-refractivity contribution in [2.75, 3.05) is 18.0 Å². The molecule has 4 rings (SSSR count). The Balaban J connectivity index is 1.40. The van der Waals surface area contributed by atoms with Crippen molar-refractivity contribution in [3.63, 3.8) is 0 Å². The summed E-state index contributed by atoms with van der Waals surface area (Å²) in [5, 5.41) is 0.970. The first-order valence-corrected chi connectivity index (χ1v) is 9.86. The number of rotatable bonds is 3. The minimum absolute atomic E-state index is 0.657. The van der Waals surface area contributed by atoms with E-state index in [9.17, 15) is 0 Å². The molecule has 0 radical (unpaired) electrons. The number of aryl methyl sites for hydroxylation is 1. The molecule has 2 fully saturated rings. The lowest BCUT2D eigenvalue weighted by molar-refractivity contribution is 0.226. The summed E-state index contributed by atoms with van der Waals surface area (Å²) in [5.74, 6) is 1.04. The minimum atomic E-state index is 0.657. The molecule has 1 aromatic carbocycles. The summed E-state index contributed by atoms with van der Waals surface area (Å²) in [5.41, 5.74) is 1.94. The number of aromatic nitrogens is 2. The van der Waals surface area contributed by atoms with Crippen molar-refractivity contribution >= 4 is 17.6 Å². The smallest absolute Gasteiger partial charge is 0.147 e. The summed E-state index contributed by atoms with van der Waals surface area (Å²) in [6, 6.07) is 8.42. The molecule has 126 valence electrons. The molecule has 1 aliphatic heterocycles. The lowest BCUT2D eigenvalue weighted by atomic mass is 9.77. The third-order valence-corrected chi connectivity index (χ3v) is 6.83. The fourth-order valence-corrected chi connectivity index (χ4v) is 4.96. The maximum atomic E-state index is 4.69. The predicted molar refractivity (Wildman–Crippen MR) is 99.7 cm³/mol. The van der Waals surface area contributed by atoms with Crippen LogP contribution in [0.1, 0.15) is 44.1 Å². The van der Waals surface area contributed by atoms with Gasteiger partial charge in [0.25, 0.3) is 0 Å². The van der Waals surface area contributed by atoms with E-state index >= 15 is 0 Å². The minimum Gasteiger partial charge on any atom is -0.355 e. The highest BCUT2D eigenvalue weighted by Gasteiger charge is 2.37. The van der Waals surface area contributed by atoms with Crippen LogP contribution in [0.15, 0.2) is 46.6 Å². The number of hydrogen-bond donors (Lipinski definition) is 0. The maximum absolute atomic E-state index is 4.69. The Labute approximate surface area is 148 Å². The fraction of sp³-hybridized carbons (Fsp3) is 0.500. The molecule has 1 saturated carbocycles. The van der Waals surface area contributed by atoms with Crippen molar-refractivity contribution < 1.29 is 0 Å². The highest BCUT2D eigenvalue weighted by atomic mass is 32.2. The van der Waals surface area contributed by atoms with E-state index in [1.54, 1.807) is 11.8 Å². The van der Waals surface area contributed by atoms with Crippen LogP contribution < -0.4 is 4.90 Å². The van der Waals surface area contributed by atoms with Crippen LogP contribution in [-0.2, 0) is 0 Å². The van der Waals surface area contributed by atoms with Gasteiger partial charge in [0.1, 0.15) is 10.8 Å². The van der Waals surface area contributed by atoms with Gasteiger partial charge in [-0.2, -0.15) is 0 Å². The van der Waals surface area contributed by atoms with Gasteiger partial charge in [-0.1, -0.05) is 42.8 Å². The number of nitrogens with zero attached hydrogens (tertiary/aromatic N) is 3. The molecule has 3 nitrogen and oxygen atoms in total. The zero-order chi connectivity index (χ0) is 16.4. The van der Waals surface area contributed by atoms with Gasteiger partial charge >= 0.3 is 0 Å². The molecular formula is C20H25N3S. The van der Waals surface area contributed by atoms with Crippen molar-refractivity contribution in [2.45, 2.75) is 55.4 Å². The third-order valence-electron chi connectivity index (χ3n) is 5.73. The first-order valence-electron chi connectivity index (χ1n) is 9.05. The third kappa shape index (κ3) is 3.30. The quantitative estimate of drug-likeness (QED) is 0.778. The molecule has 1 spiro atoms. The second kappa shape index (κ2) is 6.75. The largest absolute Gasteiger partial charge is 0.355 e. The molecule has 2 heterocycles. The maximum Gasteiger partial charge on any atom is 0.147 e. The van der Waals surface area contributed by atoms with Crippen molar-refractivity contribution in [1.82, 2.24) is 9.97 Å². The molecule has 24 heavy (non-hydrogen) atoms. The standard InChI is InChI=1S/C20H25N3S/c1-16-6-2-3-7-17(16)24-19-15-21-18(14-22-19)23-12-10-20(11-13-23)8-4-5-9-20/h2-3,6-7,14-15H,4-5,8-13H2,1H3. The lowest BCUT2D eigenvalue weighted by Crippen LogP contribution is -2.39. The summed E-state index contributed by atoms with van der Waals surface area (Å²) in [4.78, 5) is 13.0. The van der Waals surface area contributed by atoms with Crippen LogP contribution in [-0.4, -0.2) is 23.1 Å². The molecule has 1 saturated heterocycles. The molecule has 1 aromatic heterocycles. The van der Waals surface area contributed by atoms with Crippen LogP contribution in [0.25, 0.3) is 0 Å². The van der Waals surface area contributed by atoms with Gasteiger partial charge in [0.2, 0.25) is 0 Å². The van der Waals surface area contributed by atoms with Crippen LogP contribution in [0, 0.1) is 12.3 Å². The second-order valence-corrected chi connectivity index (χ2v) is 8.34. The number of hydrogen-bond acceptors (Lipinski definition) is 4. The molecule has 4 heteroatoms. The Morgan fingerprint density at radius 3 is 2.38 bits per heavy atom. The molecule has 0 unspecified atom stereocenters. The highest BCUT2D eigenvalue weighted by molar-refractivity contribution is 7.99. The van der Waals surface area contributed by atoms with Crippen molar-refractivity contribution in [3.05, 3.63) is 42.2 Å². The second-order valence-electron chi connectivity index (χ2n) is 7.27. The molecular weight excluding hydrogens is 314 g/mol. The van der Waals surface area contributed by atoms with Crippen LogP contribution in [0.4, 0.5) is 5.82 Å². The number of anilines is 1. The topological polar surface area (TPSA) is 29.0 Å². The van der Waals surface area contributed by atoms with Crippen molar-refractivity contribution in [2.24, 2.45) is 5.41 Å². The lowest BCUT2D eigenvalue weighted by Gasteiger charge is -2.39. The molecule has 0 N–H and O–H groups in total. The summed E-state index contributed by atoms with van der Waals surface area (Å²) >= 11 is 1.69. The van der Waals surface area contributed by atoms with Gasteiger partial charge in [0.15, 0.2) is 0 Å². The van der Waals surface area contributed by atoms with E-state index in [1.165, 1.54) is 49.0 Å². The van der Waals surface area contributed by atoms with E-state index in [-0.39, 0.29) is 0 Å². The van der Waals surface area contributed by atoms with E-state index in [1.807, 2.05) is 12.4 Å². The molecule has 0 amide bonds.